The van der Waals surface area contributed by atoms with E-state index in [1.807, 2.05) is 0 Å². The molecule has 13 heavy (non-hydrogen) atoms. The fourth-order valence-corrected chi connectivity index (χ4v) is 1.62. The minimum Gasteiger partial charge on any atom is -0.316 e. The van der Waals surface area contributed by atoms with Gasteiger partial charge in [-0.05, 0) is 50.6 Å². The number of nitrogens with zero attached hydrogens (tertiary/aromatic N) is 1. The lowest BCUT2D eigenvalue weighted by Crippen LogP contribution is -2.23. The van der Waals surface area contributed by atoms with E-state index in [0.29, 0.717) is 6.42 Å². The van der Waals surface area contributed by atoms with Gasteiger partial charge in [0, 0.05) is 6.42 Å². The molecule has 1 aliphatic rings. The van der Waals surface area contributed by atoms with Gasteiger partial charge in [-0.25, -0.2) is 0 Å². The summed E-state index contributed by atoms with van der Waals surface area (Å²) < 4.78 is 0. The fourth-order valence-electron chi connectivity index (χ4n) is 1.62. The van der Waals surface area contributed by atoms with Crippen molar-refractivity contribution in [2.45, 2.75) is 39.0 Å². The van der Waals surface area contributed by atoms with Crippen molar-refractivity contribution >= 4 is 0 Å². The normalized spacial score (nSPS) is 18.2. The number of hydrogen-bond acceptors (Lipinski definition) is 2. The second kappa shape index (κ2) is 5.99. The lowest BCUT2D eigenvalue weighted by atomic mass is 10.1. The van der Waals surface area contributed by atoms with Crippen LogP contribution in [0.15, 0.2) is 0 Å². The van der Waals surface area contributed by atoms with Gasteiger partial charge in [0.25, 0.3) is 0 Å². The molecule has 0 aromatic carbocycles. The summed E-state index contributed by atoms with van der Waals surface area (Å²) in [6.07, 6.45) is 5.78. The van der Waals surface area contributed by atoms with E-state index in [0.717, 1.165) is 37.8 Å². The first kappa shape index (κ1) is 10.5. The van der Waals surface area contributed by atoms with Crippen molar-refractivity contribution < 1.29 is 0 Å². The third-order valence-electron chi connectivity index (χ3n) is 2.79. The van der Waals surface area contributed by atoms with Crippen molar-refractivity contribution in [1.29, 1.82) is 5.26 Å². The predicted octanol–water partition coefficient (Wildman–Crippen LogP) is 2.32. The average molecular weight is 180 g/mol. The molecule has 0 heterocycles. The van der Waals surface area contributed by atoms with Crippen LogP contribution in [0.1, 0.15) is 39.0 Å². The highest BCUT2D eigenvalue weighted by atomic mass is 14.9. The van der Waals surface area contributed by atoms with Crippen LogP contribution in [0.4, 0.5) is 0 Å². The van der Waals surface area contributed by atoms with E-state index in [9.17, 15) is 0 Å². The van der Waals surface area contributed by atoms with E-state index >= 15 is 0 Å². The number of rotatable bonds is 7. The zero-order valence-electron chi connectivity index (χ0n) is 8.55. The summed E-state index contributed by atoms with van der Waals surface area (Å²) in [5, 5.41) is 11.8. The first-order chi connectivity index (χ1) is 6.34. The Morgan fingerprint density at radius 3 is 2.85 bits per heavy atom. The molecule has 0 amide bonds. The Labute approximate surface area is 81.3 Å². The van der Waals surface area contributed by atoms with Crippen molar-refractivity contribution in [3.8, 4) is 6.07 Å². The molecule has 1 unspecified atom stereocenters. The van der Waals surface area contributed by atoms with Crippen LogP contribution in [-0.4, -0.2) is 13.1 Å². The molecule has 1 aliphatic carbocycles. The summed E-state index contributed by atoms with van der Waals surface area (Å²) in [5.41, 5.74) is 0. The van der Waals surface area contributed by atoms with Crippen LogP contribution in [-0.2, 0) is 0 Å². The lowest BCUT2D eigenvalue weighted by Gasteiger charge is -2.10. The maximum Gasteiger partial charge on any atom is 0.0621 e. The van der Waals surface area contributed by atoms with Crippen molar-refractivity contribution in [3.05, 3.63) is 0 Å². The SMILES string of the molecule is CC(CNCCCCC#N)C1CC1. The first-order valence-corrected chi connectivity index (χ1v) is 5.42. The van der Waals surface area contributed by atoms with E-state index in [1.165, 1.54) is 12.8 Å². The van der Waals surface area contributed by atoms with E-state index in [1.54, 1.807) is 0 Å². The summed E-state index contributed by atoms with van der Waals surface area (Å²) in [7, 11) is 0. The Hall–Kier alpha value is -0.550. The molecular weight excluding hydrogens is 160 g/mol. The van der Waals surface area contributed by atoms with Gasteiger partial charge in [-0.3, -0.25) is 0 Å². The summed E-state index contributed by atoms with van der Waals surface area (Å²) in [5.74, 6) is 1.86. The first-order valence-electron chi connectivity index (χ1n) is 5.42. The molecule has 0 bridgehead atoms. The predicted molar refractivity (Wildman–Crippen MR) is 54.2 cm³/mol. The summed E-state index contributed by atoms with van der Waals surface area (Å²) in [4.78, 5) is 0. The molecule has 0 spiro atoms. The smallest absolute Gasteiger partial charge is 0.0621 e. The molecule has 1 saturated carbocycles. The second-order valence-corrected chi connectivity index (χ2v) is 4.13. The molecule has 2 heteroatoms. The number of unbranched alkanes of at least 4 members (excludes halogenated alkanes) is 2. The monoisotopic (exact) mass is 180 g/mol. The zero-order valence-corrected chi connectivity index (χ0v) is 8.55. The van der Waals surface area contributed by atoms with Crippen LogP contribution < -0.4 is 5.32 Å². The standard InChI is InChI=1S/C11H20N2/c1-10(11-5-6-11)9-13-8-4-2-3-7-12/h10-11,13H,2-6,8-9H2,1H3. The third kappa shape index (κ3) is 4.90. The molecule has 1 N–H and O–H groups in total. The Morgan fingerprint density at radius 1 is 1.46 bits per heavy atom. The van der Waals surface area contributed by atoms with Gasteiger partial charge < -0.3 is 5.32 Å². The van der Waals surface area contributed by atoms with E-state index in [2.05, 4.69) is 18.3 Å². The minimum absolute atomic E-state index is 0.708. The molecule has 2 nitrogen and oxygen atoms in total. The highest BCUT2D eigenvalue weighted by Gasteiger charge is 2.27. The number of nitriles is 1. The topological polar surface area (TPSA) is 35.8 Å². The van der Waals surface area contributed by atoms with Crippen LogP contribution in [0.5, 0.6) is 0 Å². The largest absolute Gasteiger partial charge is 0.316 e. The van der Waals surface area contributed by atoms with Crippen molar-refractivity contribution in [1.82, 2.24) is 5.32 Å². The molecule has 1 fully saturated rings. The van der Waals surface area contributed by atoms with Crippen LogP contribution in [0.2, 0.25) is 0 Å². The molecule has 74 valence electrons. The summed E-state index contributed by atoms with van der Waals surface area (Å²) >= 11 is 0. The Bertz CT molecular complexity index is 167. The van der Waals surface area contributed by atoms with Crippen molar-refractivity contribution in [3.63, 3.8) is 0 Å². The third-order valence-corrected chi connectivity index (χ3v) is 2.79. The molecule has 0 radical (unpaired) electrons. The van der Waals surface area contributed by atoms with E-state index < -0.39 is 0 Å². The number of nitrogens with one attached hydrogen (secondary N) is 1. The van der Waals surface area contributed by atoms with Gasteiger partial charge >= 0.3 is 0 Å². The highest BCUT2D eigenvalue weighted by Crippen LogP contribution is 2.35. The lowest BCUT2D eigenvalue weighted by molar-refractivity contribution is 0.457. The summed E-state index contributed by atoms with van der Waals surface area (Å²) in [6, 6.07) is 2.17. The summed E-state index contributed by atoms with van der Waals surface area (Å²) in [6.45, 7) is 4.58. The van der Waals surface area contributed by atoms with Crippen molar-refractivity contribution in [2.75, 3.05) is 13.1 Å². The molecule has 1 atom stereocenters. The fraction of sp³-hybridized carbons (Fsp3) is 0.909. The highest BCUT2D eigenvalue weighted by molar-refractivity contribution is 4.79. The van der Waals surface area contributed by atoms with E-state index in [-0.39, 0.29) is 0 Å². The molecule has 1 rings (SSSR count). The average Bonchev–Trinajstić information content (AvgIpc) is 2.93. The van der Waals surface area contributed by atoms with Gasteiger partial charge in [-0.1, -0.05) is 6.92 Å². The van der Waals surface area contributed by atoms with Gasteiger partial charge in [-0.2, -0.15) is 5.26 Å². The maximum absolute atomic E-state index is 8.32. The molecule has 0 aliphatic heterocycles. The number of hydrogen-bond donors (Lipinski definition) is 1. The molecule has 0 saturated heterocycles. The van der Waals surface area contributed by atoms with Crippen LogP contribution in [0.25, 0.3) is 0 Å². The quantitative estimate of drug-likeness (QED) is 0.610. The Kier molecular flexibility index (Phi) is 4.85. The molecular formula is C11H20N2. The maximum atomic E-state index is 8.32. The van der Waals surface area contributed by atoms with Crippen molar-refractivity contribution in [2.24, 2.45) is 11.8 Å². The van der Waals surface area contributed by atoms with Crippen LogP contribution >= 0.6 is 0 Å². The van der Waals surface area contributed by atoms with Crippen LogP contribution in [0.3, 0.4) is 0 Å². The van der Waals surface area contributed by atoms with Gasteiger partial charge in [0.05, 0.1) is 6.07 Å². The Balaban J connectivity index is 1.81. The van der Waals surface area contributed by atoms with Crippen LogP contribution in [0, 0.1) is 23.2 Å². The van der Waals surface area contributed by atoms with Gasteiger partial charge in [-0.15, -0.1) is 0 Å². The minimum atomic E-state index is 0.708. The zero-order chi connectivity index (χ0) is 9.52. The van der Waals surface area contributed by atoms with E-state index in [4.69, 9.17) is 5.26 Å². The molecule has 0 aromatic rings. The van der Waals surface area contributed by atoms with Gasteiger partial charge in [0.2, 0.25) is 0 Å². The van der Waals surface area contributed by atoms with Gasteiger partial charge in [0.15, 0.2) is 0 Å². The second-order valence-electron chi connectivity index (χ2n) is 4.13. The Morgan fingerprint density at radius 2 is 2.23 bits per heavy atom. The van der Waals surface area contributed by atoms with Gasteiger partial charge in [0.1, 0.15) is 0 Å². The molecule has 0 aromatic heterocycles.